The summed E-state index contributed by atoms with van der Waals surface area (Å²) >= 11 is 12.9. The van der Waals surface area contributed by atoms with Crippen LogP contribution < -0.4 is 16.0 Å². The van der Waals surface area contributed by atoms with Crippen LogP contribution in [0.25, 0.3) is 10.9 Å². The molecule has 1 saturated heterocycles. The molecule has 10 nitrogen and oxygen atoms in total. The van der Waals surface area contributed by atoms with Gasteiger partial charge in [0.2, 0.25) is 0 Å². The monoisotopic (exact) mass is 699 g/mol. The summed E-state index contributed by atoms with van der Waals surface area (Å²) in [4.78, 5) is 19.6. The van der Waals surface area contributed by atoms with Gasteiger partial charge in [-0.1, -0.05) is 40.5 Å². The van der Waals surface area contributed by atoms with Gasteiger partial charge < -0.3 is 16.0 Å². The lowest BCUT2D eigenvalue weighted by Gasteiger charge is -2.40. The molecule has 13 heteroatoms. The highest BCUT2D eigenvalue weighted by Crippen LogP contribution is 2.37. The molecule has 3 aromatic carbocycles. The largest absolute Gasteiger partial charge is 0.373 e. The van der Waals surface area contributed by atoms with E-state index in [1.165, 1.54) is 24.4 Å². The van der Waals surface area contributed by atoms with Crippen LogP contribution in [0.5, 0.6) is 0 Å². The zero-order chi connectivity index (χ0) is 34.9. The van der Waals surface area contributed by atoms with E-state index in [1.54, 1.807) is 19.2 Å². The zero-order valence-electron chi connectivity index (χ0n) is 27.6. The molecule has 2 aromatic heterocycles. The third-order valence-electron chi connectivity index (χ3n) is 8.87. The lowest BCUT2D eigenvalue weighted by molar-refractivity contribution is 0.0865. The number of hydrogen-bond donors (Lipinski definition) is 3. The molecule has 1 aliphatic heterocycles. The van der Waals surface area contributed by atoms with Crippen LogP contribution in [0.4, 0.5) is 21.5 Å². The van der Waals surface area contributed by atoms with Crippen molar-refractivity contribution in [2.45, 2.75) is 51.2 Å². The number of carbonyl (C=O) groups excluding carboxylic acids is 1. The summed E-state index contributed by atoms with van der Waals surface area (Å²) in [6.45, 7) is 8.63. The Labute approximate surface area is 294 Å². The number of nitriles is 1. The number of piperidine rings is 1. The average Bonchev–Trinajstić information content (AvgIpc) is 3.58. The molecule has 0 aliphatic carbocycles. The fourth-order valence-corrected chi connectivity index (χ4v) is 6.63. The van der Waals surface area contributed by atoms with Crippen molar-refractivity contribution in [3.8, 4) is 6.07 Å². The van der Waals surface area contributed by atoms with Gasteiger partial charge in [0.15, 0.2) is 0 Å². The summed E-state index contributed by atoms with van der Waals surface area (Å²) < 4.78 is 15.9. The Kier molecular flexibility index (Phi) is 9.75. The molecule has 252 valence electrons. The topological polar surface area (TPSA) is 124 Å². The number of aromatic nitrogens is 4. The summed E-state index contributed by atoms with van der Waals surface area (Å²) in [6, 6.07) is 17.0. The van der Waals surface area contributed by atoms with E-state index < -0.39 is 11.9 Å². The molecule has 3 N–H and O–H groups in total. The summed E-state index contributed by atoms with van der Waals surface area (Å²) in [5.41, 5.74) is 4.31. The van der Waals surface area contributed by atoms with Crippen molar-refractivity contribution in [2.24, 2.45) is 0 Å². The van der Waals surface area contributed by atoms with Gasteiger partial charge in [0.1, 0.15) is 17.6 Å². The van der Waals surface area contributed by atoms with Gasteiger partial charge in [-0.25, -0.2) is 9.07 Å². The molecule has 5 aromatic rings. The number of fused-ring (bicyclic) bond motifs is 1. The van der Waals surface area contributed by atoms with Gasteiger partial charge in [0.05, 0.1) is 45.1 Å². The minimum Gasteiger partial charge on any atom is -0.373 e. The van der Waals surface area contributed by atoms with E-state index in [0.29, 0.717) is 44.2 Å². The van der Waals surface area contributed by atoms with E-state index in [-0.39, 0.29) is 28.1 Å². The smallest absolute Gasteiger partial charge is 0.251 e. The number of amides is 1. The first kappa shape index (κ1) is 34.1. The molecule has 1 fully saturated rings. The van der Waals surface area contributed by atoms with E-state index >= 15 is 0 Å². The molecule has 1 amide bonds. The van der Waals surface area contributed by atoms with Crippen molar-refractivity contribution in [1.82, 2.24) is 30.2 Å². The van der Waals surface area contributed by atoms with Gasteiger partial charge in [0, 0.05) is 54.2 Å². The second-order valence-electron chi connectivity index (χ2n) is 13.1. The third kappa shape index (κ3) is 7.32. The fraction of sp³-hybridized carbons (Fsp3) is 0.306. The highest BCUT2D eigenvalue weighted by Gasteiger charge is 2.29. The Balaban J connectivity index is 1.39. The van der Waals surface area contributed by atoms with E-state index in [2.05, 4.69) is 63.0 Å². The minimum atomic E-state index is -0.555. The first-order valence-electron chi connectivity index (χ1n) is 15.9. The molecular formula is C36H36Cl2FN9O. The fourth-order valence-electron chi connectivity index (χ4n) is 6.18. The molecule has 1 aliphatic rings. The number of hydrogen-bond acceptors (Lipinski definition) is 8. The van der Waals surface area contributed by atoms with Crippen LogP contribution >= 0.6 is 23.2 Å². The van der Waals surface area contributed by atoms with E-state index in [0.717, 1.165) is 31.5 Å². The van der Waals surface area contributed by atoms with Gasteiger partial charge in [0.25, 0.3) is 5.91 Å². The average molecular weight is 701 g/mol. The Morgan fingerprint density at radius 1 is 1.06 bits per heavy atom. The van der Waals surface area contributed by atoms with Crippen LogP contribution in [0.1, 0.15) is 72.9 Å². The molecule has 1 atom stereocenters. The predicted molar refractivity (Wildman–Crippen MR) is 191 cm³/mol. The minimum absolute atomic E-state index is 0.0584. The molecule has 0 radical (unpaired) electrons. The van der Waals surface area contributed by atoms with Crippen LogP contribution in [0.3, 0.4) is 0 Å². The molecular weight excluding hydrogens is 664 g/mol. The Morgan fingerprint density at radius 2 is 1.82 bits per heavy atom. The van der Waals surface area contributed by atoms with Crippen molar-refractivity contribution in [3.63, 3.8) is 0 Å². The number of benzene rings is 3. The summed E-state index contributed by atoms with van der Waals surface area (Å²) in [5, 5.41) is 29.5. The van der Waals surface area contributed by atoms with Crippen molar-refractivity contribution >= 4 is 57.1 Å². The standard InChI is InChI=1S/C36H36Cl2FN9O/c1-36(2,3)47-12-10-26(11-13-47)48-20-31(45-46-48)33(21-6-5-7-22(14-21)35(49)41-4)44-25-15-27-32(43-24-8-9-30(39)28(37)16-24)23(18-40)19-42-34(27)29(38)17-25/h5-9,14-17,19-20,26,33,44H,10-13H2,1-4H3,(H,41,49)(H,42,43). The predicted octanol–water partition coefficient (Wildman–Crippen LogP) is 7.88. The van der Waals surface area contributed by atoms with Gasteiger partial charge in [-0.2, -0.15) is 5.26 Å². The van der Waals surface area contributed by atoms with Gasteiger partial charge >= 0.3 is 0 Å². The first-order valence-corrected chi connectivity index (χ1v) is 16.7. The molecule has 0 spiro atoms. The number of pyridine rings is 1. The summed E-state index contributed by atoms with van der Waals surface area (Å²) in [7, 11) is 1.59. The molecule has 6 rings (SSSR count). The second-order valence-corrected chi connectivity index (χ2v) is 13.9. The Bertz CT molecular complexity index is 2060. The number of anilines is 3. The van der Waals surface area contributed by atoms with Gasteiger partial charge in [-0.15, -0.1) is 5.10 Å². The molecule has 0 bridgehead atoms. The maximum absolute atomic E-state index is 13.9. The highest BCUT2D eigenvalue weighted by molar-refractivity contribution is 6.36. The van der Waals surface area contributed by atoms with Crippen molar-refractivity contribution in [3.05, 3.63) is 105 Å². The molecule has 1 unspecified atom stereocenters. The van der Waals surface area contributed by atoms with Crippen LogP contribution in [0, 0.1) is 17.1 Å². The van der Waals surface area contributed by atoms with Crippen LogP contribution in [0.2, 0.25) is 10.0 Å². The van der Waals surface area contributed by atoms with Crippen molar-refractivity contribution < 1.29 is 9.18 Å². The molecule has 3 heterocycles. The van der Waals surface area contributed by atoms with E-state index in [9.17, 15) is 14.4 Å². The quantitative estimate of drug-likeness (QED) is 0.149. The number of carbonyl (C=O) groups is 1. The number of rotatable bonds is 8. The van der Waals surface area contributed by atoms with Gasteiger partial charge in [-0.3, -0.25) is 14.7 Å². The van der Waals surface area contributed by atoms with Crippen molar-refractivity contribution in [2.75, 3.05) is 30.8 Å². The first-order chi connectivity index (χ1) is 23.4. The van der Waals surface area contributed by atoms with E-state index in [4.69, 9.17) is 23.2 Å². The van der Waals surface area contributed by atoms with Crippen molar-refractivity contribution in [1.29, 1.82) is 5.26 Å². The van der Waals surface area contributed by atoms with E-state index in [1.807, 2.05) is 35.1 Å². The lowest BCUT2D eigenvalue weighted by Crippen LogP contribution is -2.46. The number of nitrogens with zero attached hydrogens (tertiary/aromatic N) is 6. The third-order valence-corrected chi connectivity index (χ3v) is 9.44. The number of nitrogens with one attached hydrogen (secondary N) is 3. The SMILES string of the molecule is CNC(=O)c1cccc(C(Nc2cc(Cl)c3ncc(C#N)c(Nc4ccc(F)c(Cl)c4)c3c2)c2cn(C3CCN(C(C)(C)C)CC3)nn2)c1. The molecule has 0 saturated carbocycles. The Morgan fingerprint density at radius 3 is 2.51 bits per heavy atom. The maximum Gasteiger partial charge on any atom is 0.251 e. The summed E-state index contributed by atoms with van der Waals surface area (Å²) in [5.74, 6) is -0.768. The van der Waals surface area contributed by atoms with Crippen LogP contribution in [-0.2, 0) is 0 Å². The second kappa shape index (κ2) is 14.0. The lowest BCUT2D eigenvalue weighted by atomic mass is 9.98. The zero-order valence-corrected chi connectivity index (χ0v) is 29.1. The summed E-state index contributed by atoms with van der Waals surface area (Å²) in [6.07, 6.45) is 5.30. The normalized spacial score (nSPS) is 14.7. The van der Waals surface area contributed by atoms with Crippen LogP contribution in [0.15, 0.2) is 67.0 Å². The number of likely N-dealkylation sites (tertiary alicyclic amines) is 1. The Hall–Kier alpha value is -4.76. The van der Waals surface area contributed by atoms with Crippen LogP contribution in [-0.4, -0.2) is 56.5 Å². The highest BCUT2D eigenvalue weighted by atomic mass is 35.5. The molecule has 49 heavy (non-hydrogen) atoms. The number of halogens is 3. The van der Waals surface area contributed by atoms with Gasteiger partial charge in [-0.05, 0) is 81.6 Å². The maximum atomic E-state index is 13.9.